The average Bonchev–Trinajstić information content (AvgIpc) is 3.00. The smallest absolute Gasteiger partial charge is 0.000717 e. The summed E-state index contributed by atoms with van der Waals surface area (Å²) >= 11 is 0. The fourth-order valence-electron chi connectivity index (χ4n) is 15.9. The molecule has 0 saturated heterocycles. The monoisotopic (exact) mass is 980 g/mol. The highest BCUT2D eigenvalue weighted by atomic mass is 14.3. The van der Waals surface area contributed by atoms with Gasteiger partial charge in [-0.15, -0.1) is 0 Å². The highest BCUT2D eigenvalue weighted by molar-refractivity contribution is 6.53. The SMILES string of the molecule is Cc1ccc2c3c(-c4ccccc4)c4c5ccc6c7ccc8c9c(-c%10ccccc%10)c%10c%11ccc(C)c%12cccc(c%10c(-c%10ccccc%10)c9c9ccc(c%10ccc(c4c(-c4ccccc4)c3c3cccc1c32)c5c%106)c7c98)c%12%11. The molecule has 0 amide bonds. The molecule has 19 rings (SSSR count). The molecular weight excluding hydrogens is 937 g/mol. The van der Waals surface area contributed by atoms with Crippen LogP contribution in [0, 0.1) is 13.8 Å². The van der Waals surface area contributed by atoms with E-state index < -0.39 is 0 Å². The van der Waals surface area contributed by atoms with Crippen LogP contribution in [0.5, 0.6) is 0 Å². The maximum atomic E-state index is 2.49. The molecule has 0 atom stereocenters. The molecule has 0 spiro atoms. The van der Waals surface area contributed by atoms with E-state index in [9.17, 15) is 0 Å². The Labute approximate surface area is 448 Å². The van der Waals surface area contributed by atoms with E-state index in [0.717, 1.165) is 0 Å². The minimum absolute atomic E-state index is 1.25. The first kappa shape index (κ1) is 41.4. The highest BCUT2D eigenvalue weighted by Gasteiger charge is 2.32. The first-order valence-corrected chi connectivity index (χ1v) is 27.6. The molecule has 19 aromatic carbocycles. The summed E-state index contributed by atoms with van der Waals surface area (Å²) in [5.41, 5.74) is 13.0. The van der Waals surface area contributed by atoms with Gasteiger partial charge in [-0.2, -0.15) is 0 Å². The lowest BCUT2D eigenvalue weighted by Crippen LogP contribution is -1.87. The van der Waals surface area contributed by atoms with E-state index in [-0.39, 0.29) is 0 Å². The molecule has 0 aliphatic rings. The number of aryl methyl sites for hydroxylation is 2. The van der Waals surface area contributed by atoms with Gasteiger partial charge in [-0.25, -0.2) is 0 Å². The molecule has 0 heteroatoms. The van der Waals surface area contributed by atoms with Gasteiger partial charge in [0.1, 0.15) is 0 Å². The summed E-state index contributed by atoms with van der Waals surface area (Å²) in [7, 11) is 0. The summed E-state index contributed by atoms with van der Waals surface area (Å²) in [6.07, 6.45) is 0. The van der Waals surface area contributed by atoms with Crippen molar-refractivity contribution in [1.29, 1.82) is 0 Å². The lowest BCUT2D eigenvalue weighted by Gasteiger charge is -2.15. The molecule has 0 bridgehead atoms. The largest absolute Gasteiger partial charge is 0.0622 e. The molecule has 78 heavy (non-hydrogen) atoms. The van der Waals surface area contributed by atoms with Crippen LogP contribution in [-0.4, -0.2) is 0 Å². The van der Waals surface area contributed by atoms with Crippen molar-refractivity contribution < 1.29 is 0 Å². The second-order valence-electron chi connectivity index (χ2n) is 22.4. The molecule has 0 aliphatic heterocycles. The predicted molar refractivity (Wildman–Crippen MR) is 339 cm³/mol. The lowest BCUT2D eigenvalue weighted by atomic mass is 9.87. The molecular formula is C78H44. The summed E-state index contributed by atoms with van der Waals surface area (Å²) in [5, 5.41) is 37.5. The zero-order valence-electron chi connectivity index (χ0n) is 42.9. The molecule has 0 radical (unpaired) electrons. The van der Waals surface area contributed by atoms with E-state index in [1.165, 1.54) is 206 Å². The maximum absolute atomic E-state index is 2.49. The number of hydrogen-bond acceptors (Lipinski definition) is 0. The Morgan fingerprint density at radius 3 is 0.628 bits per heavy atom. The molecule has 0 heterocycles. The zero-order valence-corrected chi connectivity index (χ0v) is 42.9. The van der Waals surface area contributed by atoms with Crippen molar-refractivity contribution in [2.45, 2.75) is 13.8 Å². The first-order valence-electron chi connectivity index (χ1n) is 27.6. The third-order valence-corrected chi connectivity index (χ3v) is 18.8. The Morgan fingerprint density at radius 2 is 0.346 bits per heavy atom. The van der Waals surface area contributed by atoms with E-state index >= 15 is 0 Å². The molecule has 0 fully saturated rings. The van der Waals surface area contributed by atoms with Crippen LogP contribution in [0.1, 0.15) is 11.1 Å². The average molecular weight is 981 g/mol. The maximum Gasteiger partial charge on any atom is -0.000717 e. The van der Waals surface area contributed by atoms with Gasteiger partial charge in [0.05, 0.1) is 0 Å². The van der Waals surface area contributed by atoms with Crippen molar-refractivity contribution in [3.8, 4) is 44.5 Å². The van der Waals surface area contributed by atoms with Gasteiger partial charge in [-0.3, -0.25) is 0 Å². The van der Waals surface area contributed by atoms with Gasteiger partial charge < -0.3 is 0 Å². The van der Waals surface area contributed by atoms with Crippen molar-refractivity contribution in [2.75, 3.05) is 0 Å². The third-order valence-electron chi connectivity index (χ3n) is 18.8. The van der Waals surface area contributed by atoms with Gasteiger partial charge in [0.2, 0.25) is 0 Å². The Morgan fingerprint density at radius 1 is 0.141 bits per heavy atom. The Bertz CT molecular complexity index is 5120. The fourth-order valence-corrected chi connectivity index (χ4v) is 15.9. The molecule has 0 unspecified atom stereocenters. The van der Waals surface area contributed by atoms with Gasteiger partial charge >= 0.3 is 0 Å². The van der Waals surface area contributed by atoms with E-state index in [0.29, 0.717) is 0 Å². The van der Waals surface area contributed by atoms with Crippen LogP contribution in [0.4, 0.5) is 0 Å². The number of benzene rings is 15. The van der Waals surface area contributed by atoms with Crippen LogP contribution in [0.25, 0.3) is 195 Å². The second kappa shape index (κ2) is 14.5. The van der Waals surface area contributed by atoms with Gasteiger partial charge in [-0.05, 0) is 220 Å². The van der Waals surface area contributed by atoms with Crippen LogP contribution in [0.2, 0.25) is 0 Å². The second-order valence-corrected chi connectivity index (χ2v) is 22.4. The van der Waals surface area contributed by atoms with E-state index in [1.54, 1.807) is 0 Å². The van der Waals surface area contributed by atoms with Crippen molar-refractivity contribution in [1.82, 2.24) is 0 Å². The predicted octanol–water partition coefficient (Wildman–Crippen LogP) is 22.3. The van der Waals surface area contributed by atoms with Crippen LogP contribution >= 0.6 is 0 Å². The van der Waals surface area contributed by atoms with E-state index in [4.69, 9.17) is 0 Å². The number of hydrogen-bond donors (Lipinski definition) is 0. The summed E-state index contributed by atoms with van der Waals surface area (Å²) < 4.78 is 0. The summed E-state index contributed by atoms with van der Waals surface area (Å²) in [5.74, 6) is 0. The fraction of sp³-hybridized carbons (Fsp3) is 0.0256. The van der Waals surface area contributed by atoms with Gasteiger partial charge in [0, 0.05) is 0 Å². The van der Waals surface area contributed by atoms with Crippen molar-refractivity contribution in [3.05, 3.63) is 242 Å². The number of rotatable bonds is 4. The molecule has 0 N–H and O–H groups in total. The normalized spacial score (nSPS) is 12.7. The lowest BCUT2D eigenvalue weighted by molar-refractivity contribution is 1.55. The Balaban J connectivity index is 1.02. The molecule has 0 saturated carbocycles. The standard InChI is InChI=1S/C78H44/c1-41-29-31-55-65-47(41)25-15-27-53(65)71-61(43-17-7-3-8-18-43)75-57-37-33-49-50-34-38-58-70-60(40-36-52(68(50)70)51-35-39-59(69(57)67(49)51)77(75)63(73(55)71)45-21-11-5-12-22-45)78-64(46-23-13-6-14-24-46)74-56-32-30-42(2)48-26-16-28-54(66(48)56)72(74)62(76(58)78)44-19-9-4-10-20-44/h3-40H,1-2H3. The molecule has 0 aromatic heterocycles. The van der Waals surface area contributed by atoms with Gasteiger partial charge in [-0.1, -0.05) is 231 Å². The van der Waals surface area contributed by atoms with Crippen molar-refractivity contribution in [3.63, 3.8) is 0 Å². The minimum Gasteiger partial charge on any atom is -0.0622 e. The summed E-state index contributed by atoms with van der Waals surface area (Å²) in [4.78, 5) is 0. The Kier molecular flexibility index (Phi) is 7.71. The minimum atomic E-state index is 1.25. The van der Waals surface area contributed by atoms with E-state index in [2.05, 4.69) is 244 Å². The molecule has 19 aromatic rings. The highest BCUT2D eigenvalue weighted by Crippen LogP contribution is 2.60. The molecule has 0 aliphatic carbocycles. The zero-order chi connectivity index (χ0) is 50.8. The van der Waals surface area contributed by atoms with Crippen molar-refractivity contribution in [2.24, 2.45) is 0 Å². The number of fused-ring (bicyclic) bond motifs is 14. The Hall–Kier alpha value is -9.88. The van der Waals surface area contributed by atoms with Crippen molar-refractivity contribution >= 4 is 151 Å². The first-order chi connectivity index (χ1) is 38.6. The van der Waals surface area contributed by atoms with Crippen LogP contribution < -0.4 is 0 Å². The van der Waals surface area contributed by atoms with Gasteiger partial charge in [0.25, 0.3) is 0 Å². The molecule has 0 nitrogen and oxygen atoms in total. The topological polar surface area (TPSA) is 0 Å². The quantitative estimate of drug-likeness (QED) is 0.122. The summed E-state index contributed by atoms with van der Waals surface area (Å²) in [6.45, 7) is 4.52. The van der Waals surface area contributed by atoms with Crippen LogP contribution in [0.15, 0.2) is 231 Å². The van der Waals surface area contributed by atoms with Crippen LogP contribution in [-0.2, 0) is 0 Å². The van der Waals surface area contributed by atoms with Crippen LogP contribution in [0.3, 0.4) is 0 Å². The molecule has 356 valence electrons. The van der Waals surface area contributed by atoms with Gasteiger partial charge in [0.15, 0.2) is 0 Å². The van der Waals surface area contributed by atoms with E-state index in [1.807, 2.05) is 0 Å². The third kappa shape index (κ3) is 4.86. The summed E-state index contributed by atoms with van der Waals surface area (Å²) in [6, 6.07) is 88.4.